The summed E-state index contributed by atoms with van der Waals surface area (Å²) in [5.41, 5.74) is 5.14. The zero-order valence-electron chi connectivity index (χ0n) is 11.7. The van der Waals surface area contributed by atoms with Crippen molar-refractivity contribution in [1.82, 2.24) is 5.32 Å². The molecular weight excluding hydrogens is 232 g/mol. The van der Waals surface area contributed by atoms with Crippen molar-refractivity contribution in [3.63, 3.8) is 0 Å². The number of carbonyl (C=O) groups excluding carboxylic acids is 2. The molecule has 1 fully saturated rings. The van der Waals surface area contributed by atoms with E-state index in [-0.39, 0.29) is 17.7 Å². The van der Waals surface area contributed by atoms with Crippen LogP contribution in [0.25, 0.3) is 0 Å². The van der Waals surface area contributed by atoms with E-state index in [1.165, 1.54) is 7.11 Å². The van der Waals surface area contributed by atoms with Crippen LogP contribution in [0.1, 0.15) is 40.0 Å². The fourth-order valence-electron chi connectivity index (χ4n) is 1.96. The molecule has 0 spiro atoms. The Kier molecular flexibility index (Phi) is 4.73. The number of carbonyl (C=O) groups is 2. The molecule has 0 aromatic rings. The number of nitrogens with two attached hydrogens (primary N) is 1. The van der Waals surface area contributed by atoms with Crippen LogP contribution in [0.5, 0.6) is 0 Å². The van der Waals surface area contributed by atoms with E-state index in [9.17, 15) is 9.59 Å². The second-order valence-electron chi connectivity index (χ2n) is 5.42. The maximum absolute atomic E-state index is 12.2. The van der Waals surface area contributed by atoms with Gasteiger partial charge in [0.15, 0.2) is 0 Å². The van der Waals surface area contributed by atoms with Crippen molar-refractivity contribution in [1.29, 1.82) is 0 Å². The van der Waals surface area contributed by atoms with Gasteiger partial charge in [-0.25, -0.2) is 4.79 Å². The van der Waals surface area contributed by atoms with Crippen LogP contribution < -0.4 is 11.1 Å². The fraction of sp³-hybridized carbons (Fsp3) is 0.846. The third kappa shape index (κ3) is 3.22. The van der Waals surface area contributed by atoms with Gasteiger partial charge in [0.2, 0.25) is 5.91 Å². The summed E-state index contributed by atoms with van der Waals surface area (Å²) < 4.78 is 4.73. The third-order valence-corrected chi connectivity index (χ3v) is 3.87. The number of nitrogens with one attached hydrogen (secondary N) is 1. The van der Waals surface area contributed by atoms with Crippen molar-refractivity contribution in [2.45, 2.75) is 51.6 Å². The summed E-state index contributed by atoms with van der Waals surface area (Å²) >= 11 is 0. The van der Waals surface area contributed by atoms with E-state index in [1.807, 2.05) is 13.8 Å². The second kappa shape index (κ2) is 5.69. The maximum atomic E-state index is 12.2. The highest BCUT2D eigenvalue weighted by molar-refractivity contribution is 5.90. The zero-order chi connectivity index (χ0) is 13.9. The summed E-state index contributed by atoms with van der Waals surface area (Å²) in [4.78, 5) is 23.8. The standard InChI is InChI=1S/C13H24N2O3/c1-5-8(2)10(11(16)18-4)15-12(17)13(3,14)9-6-7-9/h8-10H,5-7,14H2,1-4H3,(H,15,17). The Balaban J connectivity index is 2.70. The van der Waals surface area contributed by atoms with E-state index in [1.54, 1.807) is 6.92 Å². The van der Waals surface area contributed by atoms with Gasteiger partial charge in [-0.3, -0.25) is 4.79 Å². The Bertz CT molecular complexity index is 324. The van der Waals surface area contributed by atoms with E-state index < -0.39 is 17.6 Å². The molecule has 5 nitrogen and oxygen atoms in total. The van der Waals surface area contributed by atoms with Crippen molar-refractivity contribution < 1.29 is 14.3 Å². The maximum Gasteiger partial charge on any atom is 0.328 e. The lowest BCUT2D eigenvalue weighted by molar-refractivity contribution is -0.147. The average Bonchev–Trinajstić information content (AvgIpc) is 3.17. The highest BCUT2D eigenvalue weighted by Gasteiger charge is 2.45. The van der Waals surface area contributed by atoms with Gasteiger partial charge in [-0.1, -0.05) is 20.3 Å². The molecule has 0 saturated heterocycles. The van der Waals surface area contributed by atoms with Gasteiger partial charge in [0, 0.05) is 0 Å². The highest BCUT2D eigenvalue weighted by atomic mass is 16.5. The van der Waals surface area contributed by atoms with Gasteiger partial charge in [-0.15, -0.1) is 0 Å². The Morgan fingerprint density at radius 2 is 2.06 bits per heavy atom. The minimum atomic E-state index is -0.889. The molecular formula is C13H24N2O3. The lowest BCUT2D eigenvalue weighted by atomic mass is 9.93. The van der Waals surface area contributed by atoms with Gasteiger partial charge in [0.05, 0.1) is 12.6 Å². The quantitative estimate of drug-likeness (QED) is 0.689. The summed E-state index contributed by atoms with van der Waals surface area (Å²) in [5.74, 6) is -0.422. The van der Waals surface area contributed by atoms with Crippen molar-refractivity contribution in [2.75, 3.05) is 7.11 Å². The first-order chi connectivity index (χ1) is 8.34. The monoisotopic (exact) mass is 256 g/mol. The molecule has 5 heteroatoms. The number of methoxy groups -OCH3 is 1. The van der Waals surface area contributed by atoms with Gasteiger partial charge in [0.1, 0.15) is 6.04 Å². The van der Waals surface area contributed by atoms with Crippen LogP contribution in [-0.4, -0.2) is 30.6 Å². The van der Waals surface area contributed by atoms with Crippen LogP contribution >= 0.6 is 0 Å². The largest absolute Gasteiger partial charge is 0.467 e. The van der Waals surface area contributed by atoms with Crippen LogP contribution in [0.3, 0.4) is 0 Å². The fourth-order valence-corrected chi connectivity index (χ4v) is 1.96. The molecule has 3 unspecified atom stereocenters. The van der Waals surface area contributed by atoms with E-state index >= 15 is 0 Å². The van der Waals surface area contributed by atoms with Crippen LogP contribution in [-0.2, 0) is 14.3 Å². The molecule has 0 radical (unpaired) electrons. The van der Waals surface area contributed by atoms with E-state index in [4.69, 9.17) is 10.5 Å². The predicted molar refractivity (Wildman–Crippen MR) is 68.7 cm³/mol. The Hall–Kier alpha value is -1.10. The zero-order valence-corrected chi connectivity index (χ0v) is 11.7. The lowest BCUT2D eigenvalue weighted by Gasteiger charge is -2.28. The molecule has 1 aliphatic rings. The molecule has 1 amide bonds. The number of rotatable bonds is 6. The van der Waals surface area contributed by atoms with Crippen molar-refractivity contribution in [2.24, 2.45) is 17.6 Å². The van der Waals surface area contributed by atoms with Crippen LogP contribution in [0, 0.1) is 11.8 Å². The Labute approximate surface area is 108 Å². The Morgan fingerprint density at radius 1 is 1.50 bits per heavy atom. The Morgan fingerprint density at radius 3 is 2.44 bits per heavy atom. The number of hydrogen-bond donors (Lipinski definition) is 2. The smallest absolute Gasteiger partial charge is 0.328 e. The van der Waals surface area contributed by atoms with Crippen LogP contribution in [0.2, 0.25) is 0 Å². The third-order valence-electron chi connectivity index (χ3n) is 3.87. The molecule has 0 aromatic carbocycles. The first-order valence-corrected chi connectivity index (χ1v) is 6.52. The molecule has 0 aliphatic heterocycles. The van der Waals surface area contributed by atoms with E-state index in [0.29, 0.717) is 0 Å². The molecule has 3 N–H and O–H groups in total. The lowest BCUT2D eigenvalue weighted by Crippen LogP contribution is -2.58. The van der Waals surface area contributed by atoms with Gasteiger partial charge >= 0.3 is 5.97 Å². The molecule has 0 heterocycles. The van der Waals surface area contributed by atoms with Crippen LogP contribution in [0.15, 0.2) is 0 Å². The van der Waals surface area contributed by atoms with Gasteiger partial charge in [-0.05, 0) is 31.6 Å². The van der Waals surface area contributed by atoms with Crippen molar-refractivity contribution >= 4 is 11.9 Å². The normalized spacial score (nSPS) is 21.6. The van der Waals surface area contributed by atoms with Crippen molar-refractivity contribution in [3.05, 3.63) is 0 Å². The first-order valence-electron chi connectivity index (χ1n) is 6.52. The highest BCUT2D eigenvalue weighted by Crippen LogP contribution is 2.38. The minimum Gasteiger partial charge on any atom is -0.467 e. The van der Waals surface area contributed by atoms with E-state index in [0.717, 1.165) is 19.3 Å². The summed E-state index contributed by atoms with van der Waals surface area (Å²) in [6.07, 6.45) is 2.74. The summed E-state index contributed by atoms with van der Waals surface area (Å²) in [7, 11) is 1.33. The molecule has 3 atom stereocenters. The molecule has 1 saturated carbocycles. The first kappa shape index (κ1) is 15.0. The van der Waals surface area contributed by atoms with E-state index in [2.05, 4.69) is 5.32 Å². The van der Waals surface area contributed by atoms with Crippen molar-refractivity contribution in [3.8, 4) is 0 Å². The topological polar surface area (TPSA) is 81.4 Å². The van der Waals surface area contributed by atoms with Gasteiger partial charge < -0.3 is 15.8 Å². The molecule has 0 bridgehead atoms. The molecule has 104 valence electrons. The summed E-state index contributed by atoms with van der Waals surface area (Å²) in [6, 6.07) is -0.617. The number of amides is 1. The molecule has 1 aliphatic carbocycles. The second-order valence-corrected chi connectivity index (χ2v) is 5.42. The number of hydrogen-bond acceptors (Lipinski definition) is 4. The van der Waals surface area contributed by atoms with Crippen LogP contribution in [0.4, 0.5) is 0 Å². The summed E-state index contributed by atoms with van der Waals surface area (Å²) in [6.45, 7) is 5.60. The average molecular weight is 256 g/mol. The predicted octanol–water partition coefficient (Wildman–Crippen LogP) is 0.818. The SMILES string of the molecule is CCC(C)C(NC(=O)C(C)(N)C1CC1)C(=O)OC. The molecule has 1 rings (SSSR count). The van der Waals surface area contributed by atoms with Gasteiger partial charge in [-0.2, -0.15) is 0 Å². The minimum absolute atomic E-state index is 0.0244. The number of ether oxygens (including phenoxy) is 1. The summed E-state index contributed by atoms with van der Waals surface area (Å²) in [5, 5.41) is 2.74. The number of esters is 1. The molecule has 18 heavy (non-hydrogen) atoms. The molecule has 0 aromatic heterocycles. The van der Waals surface area contributed by atoms with Gasteiger partial charge in [0.25, 0.3) is 0 Å².